The van der Waals surface area contributed by atoms with Crippen LogP contribution in [-0.2, 0) is 10.0 Å². The molecule has 1 aromatic heterocycles. The molecule has 1 saturated heterocycles. The van der Waals surface area contributed by atoms with Crippen LogP contribution in [0.1, 0.15) is 41.0 Å². The lowest BCUT2D eigenvalue weighted by molar-refractivity contribution is 0.0690. The predicted octanol–water partition coefficient (Wildman–Crippen LogP) is 1.89. The molecule has 3 N–H and O–H groups in total. The minimum atomic E-state index is -3.69. The van der Waals surface area contributed by atoms with E-state index in [1.807, 2.05) is 0 Å². The normalized spacial score (nSPS) is 19.6. The van der Waals surface area contributed by atoms with E-state index in [1.54, 1.807) is 18.7 Å². The van der Waals surface area contributed by atoms with E-state index < -0.39 is 16.0 Å². The number of sulfonamides is 1. The van der Waals surface area contributed by atoms with Crippen LogP contribution in [0.5, 0.6) is 0 Å². The Labute approximate surface area is 128 Å². The Balaban J connectivity index is 2.17. The van der Waals surface area contributed by atoms with Gasteiger partial charge in [-0.05, 0) is 32.4 Å². The van der Waals surface area contributed by atoms with Crippen molar-refractivity contribution >= 4 is 27.8 Å². The third kappa shape index (κ3) is 3.61. The number of aromatic amines is 1. The third-order valence-electron chi connectivity index (χ3n) is 3.63. The van der Waals surface area contributed by atoms with Gasteiger partial charge in [0.2, 0.25) is 10.0 Å². The Bertz CT molecular complexity index is 631. The molecular formula is C13H20N2O4S2. The van der Waals surface area contributed by atoms with Crippen molar-refractivity contribution in [2.45, 2.75) is 43.3 Å². The molecule has 0 aliphatic carbocycles. The summed E-state index contributed by atoms with van der Waals surface area (Å²) in [5.74, 6) is -0.0857. The summed E-state index contributed by atoms with van der Waals surface area (Å²) >= 11 is 1.79. The van der Waals surface area contributed by atoms with Crippen molar-refractivity contribution in [3.63, 3.8) is 0 Å². The Kier molecular flexibility index (Phi) is 5.00. The van der Waals surface area contributed by atoms with Gasteiger partial charge in [0.25, 0.3) is 0 Å². The lowest BCUT2D eigenvalue weighted by atomic mass is 10.2. The van der Waals surface area contributed by atoms with Crippen LogP contribution in [0.15, 0.2) is 4.90 Å². The Morgan fingerprint density at radius 1 is 1.43 bits per heavy atom. The standard InChI is InChI=1S/C13H20N2O4S2/c1-8-11(13(16)17)15-9(2)12(8)21(18,19)14-7-10-5-3-4-6-20-10/h10,14-15H,3-7H2,1-2H3,(H,16,17). The molecule has 8 heteroatoms. The fourth-order valence-corrected chi connectivity index (χ4v) is 5.46. The number of rotatable bonds is 5. The molecule has 2 rings (SSSR count). The van der Waals surface area contributed by atoms with Gasteiger partial charge in [-0.25, -0.2) is 17.9 Å². The van der Waals surface area contributed by atoms with Crippen molar-refractivity contribution in [2.24, 2.45) is 0 Å². The van der Waals surface area contributed by atoms with Gasteiger partial charge in [-0.15, -0.1) is 0 Å². The number of carboxylic acids is 1. The summed E-state index contributed by atoms with van der Waals surface area (Å²) in [7, 11) is -3.69. The predicted molar refractivity (Wildman–Crippen MR) is 82.5 cm³/mol. The zero-order valence-electron chi connectivity index (χ0n) is 12.1. The van der Waals surface area contributed by atoms with Gasteiger partial charge in [0.1, 0.15) is 10.6 Å². The molecule has 1 aromatic rings. The Morgan fingerprint density at radius 3 is 2.67 bits per heavy atom. The maximum atomic E-state index is 12.4. The van der Waals surface area contributed by atoms with E-state index in [4.69, 9.17) is 5.11 Å². The number of aromatic carboxylic acids is 1. The van der Waals surface area contributed by atoms with Gasteiger partial charge in [-0.1, -0.05) is 6.42 Å². The number of H-pyrrole nitrogens is 1. The second kappa shape index (κ2) is 6.41. The number of carbonyl (C=O) groups is 1. The second-order valence-electron chi connectivity index (χ2n) is 5.22. The Morgan fingerprint density at radius 2 is 2.14 bits per heavy atom. The highest BCUT2D eigenvalue weighted by atomic mass is 32.2. The van der Waals surface area contributed by atoms with Crippen LogP contribution in [0.4, 0.5) is 0 Å². The quantitative estimate of drug-likeness (QED) is 0.765. The molecule has 2 heterocycles. The van der Waals surface area contributed by atoms with Crippen LogP contribution in [0.25, 0.3) is 0 Å². The molecule has 0 amide bonds. The Hall–Kier alpha value is -0.990. The summed E-state index contributed by atoms with van der Waals surface area (Å²) in [5.41, 5.74) is 0.539. The average molecular weight is 332 g/mol. The first-order valence-electron chi connectivity index (χ1n) is 6.86. The van der Waals surface area contributed by atoms with E-state index >= 15 is 0 Å². The molecule has 0 saturated carbocycles. The lowest BCUT2D eigenvalue weighted by Crippen LogP contribution is -2.32. The summed E-state index contributed by atoms with van der Waals surface area (Å²) in [6.07, 6.45) is 3.33. The highest BCUT2D eigenvalue weighted by molar-refractivity contribution is 8.00. The summed E-state index contributed by atoms with van der Waals surface area (Å²) < 4.78 is 27.5. The molecule has 0 bridgehead atoms. The van der Waals surface area contributed by atoms with Crippen molar-refractivity contribution in [2.75, 3.05) is 12.3 Å². The highest BCUT2D eigenvalue weighted by Crippen LogP contribution is 2.26. The van der Waals surface area contributed by atoms with Crippen molar-refractivity contribution < 1.29 is 18.3 Å². The van der Waals surface area contributed by atoms with E-state index in [0.717, 1.165) is 18.6 Å². The number of carboxylic acid groups (broad SMARTS) is 1. The number of hydrogen-bond donors (Lipinski definition) is 3. The zero-order valence-corrected chi connectivity index (χ0v) is 13.7. The molecule has 1 unspecified atom stereocenters. The van der Waals surface area contributed by atoms with Crippen molar-refractivity contribution in [3.8, 4) is 0 Å². The minimum absolute atomic E-state index is 0.0562. The first-order chi connectivity index (χ1) is 9.83. The van der Waals surface area contributed by atoms with E-state index in [1.165, 1.54) is 13.3 Å². The van der Waals surface area contributed by atoms with E-state index in [9.17, 15) is 13.2 Å². The van der Waals surface area contributed by atoms with Crippen LogP contribution in [0.3, 0.4) is 0 Å². The van der Waals surface area contributed by atoms with Crippen molar-refractivity contribution in [1.29, 1.82) is 0 Å². The molecule has 6 nitrogen and oxygen atoms in total. The number of aryl methyl sites for hydroxylation is 1. The van der Waals surface area contributed by atoms with Crippen molar-refractivity contribution in [1.82, 2.24) is 9.71 Å². The number of thioether (sulfide) groups is 1. The number of aromatic nitrogens is 1. The van der Waals surface area contributed by atoms with Crippen LogP contribution in [0, 0.1) is 13.8 Å². The smallest absolute Gasteiger partial charge is 0.352 e. The summed E-state index contributed by atoms with van der Waals surface area (Å²) in [5, 5.41) is 9.35. The molecule has 21 heavy (non-hydrogen) atoms. The monoisotopic (exact) mass is 332 g/mol. The minimum Gasteiger partial charge on any atom is -0.477 e. The van der Waals surface area contributed by atoms with Gasteiger partial charge < -0.3 is 10.1 Å². The maximum Gasteiger partial charge on any atom is 0.352 e. The molecule has 118 valence electrons. The first kappa shape index (κ1) is 16.4. The van der Waals surface area contributed by atoms with Gasteiger partial charge in [0.15, 0.2) is 0 Å². The van der Waals surface area contributed by atoms with Crippen LogP contribution in [-0.4, -0.2) is 42.0 Å². The van der Waals surface area contributed by atoms with Gasteiger partial charge in [-0.3, -0.25) is 0 Å². The summed E-state index contributed by atoms with van der Waals surface area (Å²) in [6, 6.07) is 0. The van der Waals surface area contributed by atoms with Gasteiger partial charge in [0.05, 0.1) is 0 Å². The fourth-order valence-electron chi connectivity index (χ4n) is 2.59. The SMILES string of the molecule is Cc1[nH]c(C(=O)O)c(C)c1S(=O)(=O)NCC1CCCCS1. The van der Waals surface area contributed by atoms with Crippen LogP contribution < -0.4 is 4.72 Å². The zero-order chi connectivity index (χ0) is 15.6. The lowest BCUT2D eigenvalue weighted by Gasteiger charge is -2.21. The first-order valence-corrected chi connectivity index (χ1v) is 9.40. The van der Waals surface area contributed by atoms with Gasteiger partial charge in [-0.2, -0.15) is 11.8 Å². The molecule has 1 atom stereocenters. The molecule has 0 aromatic carbocycles. The van der Waals surface area contributed by atoms with E-state index in [-0.39, 0.29) is 16.2 Å². The highest BCUT2D eigenvalue weighted by Gasteiger charge is 2.27. The summed E-state index contributed by atoms with van der Waals surface area (Å²) in [6.45, 7) is 3.47. The average Bonchev–Trinajstić information content (AvgIpc) is 2.74. The molecule has 1 aliphatic heterocycles. The molecule has 1 fully saturated rings. The molecular weight excluding hydrogens is 312 g/mol. The number of hydrogen-bond acceptors (Lipinski definition) is 4. The van der Waals surface area contributed by atoms with Gasteiger partial charge in [0, 0.05) is 23.1 Å². The topological polar surface area (TPSA) is 99.3 Å². The third-order valence-corrected chi connectivity index (χ3v) is 6.72. The number of nitrogens with one attached hydrogen (secondary N) is 2. The van der Waals surface area contributed by atoms with Crippen molar-refractivity contribution in [3.05, 3.63) is 17.0 Å². The van der Waals surface area contributed by atoms with Crippen LogP contribution in [0.2, 0.25) is 0 Å². The summed E-state index contributed by atoms with van der Waals surface area (Å²) in [4.78, 5) is 13.8. The molecule has 1 aliphatic rings. The van der Waals surface area contributed by atoms with E-state index in [0.29, 0.717) is 17.5 Å². The largest absolute Gasteiger partial charge is 0.477 e. The fraction of sp³-hybridized carbons (Fsp3) is 0.615. The molecule has 0 radical (unpaired) electrons. The van der Waals surface area contributed by atoms with Crippen LogP contribution >= 0.6 is 11.8 Å². The second-order valence-corrected chi connectivity index (χ2v) is 8.34. The van der Waals surface area contributed by atoms with E-state index in [2.05, 4.69) is 9.71 Å². The molecule has 0 spiro atoms. The maximum absolute atomic E-state index is 12.4. The van der Waals surface area contributed by atoms with Gasteiger partial charge >= 0.3 is 5.97 Å².